The van der Waals surface area contributed by atoms with Gasteiger partial charge in [-0.15, -0.1) is 0 Å². The van der Waals surface area contributed by atoms with E-state index < -0.39 is 11.9 Å². The summed E-state index contributed by atoms with van der Waals surface area (Å²) in [5.41, 5.74) is 3.65. The second-order valence-electron chi connectivity index (χ2n) is 6.03. The number of carbonyl (C=O) groups excluding carboxylic acids is 1. The molecule has 0 aliphatic carbocycles. The van der Waals surface area contributed by atoms with Crippen LogP contribution in [0.2, 0.25) is 0 Å². The molecule has 2 heterocycles. The maximum absolute atomic E-state index is 12.7. The Hall–Kier alpha value is -2.30. The minimum atomic E-state index is -0.844. The van der Waals surface area contributed by atoms with Gasteiger partial charge in [-0.3, -0.25) is 9.59 Å². The highest BCUT2D eigenvalue weighted by molar-refractivity contribution is 6.00. The number of aliphatic carboxylic acids is 1. The Balaban J connectivity index is 1.99. The molecule has 1 saturated heterocycles. The van der Waals surface area contributed by atoms with Gasteiger partial charge in [0.25, 0.3) is 5.91 Å². The molecule has 1 amide bonds. The summed E-state index contributed by atoms with van der Waals surface area (Å²) < 4.78 is 5.84. The molecule has 1 aliphatic rings. The molecule has 1 aromatic carbocycles. The van der Waals surface area contributed by atoms with E-state index in [9.17, 15) is 9.59 Å². The summed E-state index contributed by atoms with van der Waals surface area (Å²) >= 11 is 0. The second-order valence-corrected chi connectivity index (χ2v) is 6.03. The Kier molecular flexibility index (Phi) is 3.43. The quantitative estimate of drug-likeness (QED) is 0.926. The SMILES string of the molecule is Cc1ccc(C)c2c(C)c(C(=O)N3CCC(C(=O)O)C3)oc12. The van der Waals surface area contributed by atoms with Crippen molar-refractivity contribution < 1.29 is 19.1 Å². The predicted molar refractivity (Wildman–Crippen MR) is 82.1 cm³/mol. The predicted octanol–water partition coefficient (Wildman–Crippen LogP) is 2.90. The molecule has 1 aromatic heterocycles. The second kappa shape index (κ2) is 5.16. The van der Waals surface area contributed by atoms with E-state index in [1.54, 1.807) is 4.90 Å². The number of likely N-dealkylation sites (tertiary alicyclic amines) is 1. The van der Waals surface area contributed by atoms with Crippen molar-refractivity contribution in [1.82, 2.24) is 4.90 Å². The molecule has 1 atom stereocenters. The summed E-state index contributed by atoms with van der Waals surface area (Å²) in [6, 6.07) is 4.00. The highest BCUT2D eigenvalue weighted by Gasteiger charge is 2.33. The van der Waals surface area contributed by atoms with Crippen LogP contribution in [0.4, 0.5) is 0 Å². The Morgan fingerprint density at radius 2 is 1.91 bits per heavy atom. The van der Waals surface area contributed by atoms with E-state index in [1.165, 1.54) is 0 Å². The number of furan rings is 1. The van der Waals surface area contributed by atoms with Crippen molar-refractivity contribution in [2.75, 3.05) is 13.1 Å². The van der Waals surface area contributed by atoms with Crippen LogP contribution in [0.5, 0.6) is 0 Å². The zero-order valence-electron chi connectivity index (χ0n) is 13.0. The van der Waals surface area contributed by atoms with Crippen molar-refractivity contribution >= 4 is 22.8 Å². The lowest BCUT2D eigenvalue weighted by molar-refractivity contribution is -0.141. The van der Waals surface area contributed by atoms with E-state index in [-0.39, 0.29) is 12.5 Å². The largest absolute Gasteiger partial charge is 0.481 e. The molecule has 2 aromatic rings. The molecule has 0 saturated carbocycles. The van der Waals surface area contributed by atoms with Crippen molar-refractivity contribution in [3.05, 3.63) is 34.6 Å². The number of aryl methyl sites for hydroxylation is 3. The van der Waals surface area contributed by atoms with Crippen molar-refractivity contribution in [3.8, 4) is 0 Å². The lowest BCUT2D eigenvalue weighted by atomic mass is 10.0. The fourth-order valence-corrected chi connectivity index (χ4v) is 3.17. The van der Waals surface area contributed by atoms with E-state index in [0.29, 0.717) is 18.7 Å². The summed E-state index contributed by atoms with van der Waals surface area (Å²) in [6.45, 7) is 6.55. The van der Waals surface area contributed by atoms with Gasteiger partial charge in [-0.2, -0.15) is 0 Å². The van der Waals surface area contributed by atoms with Crippen molar-refractivity contribution in [2.24, 2.45) is 5.92 Å². The standard InChI is InChI=1S/C17H19NO4/c1-9-4-5-10(2)14-13(9)11(3)15(22-14)16(19)18-7-6-12(8-18)17(20)21/h4-5,12H,6-8H2,1-3H3,(H,20,21). The maximum atomic E-state index is 12.7. The topological polar surface area (TPSA) is 70.8 Å². The molecule has 1 aliphatic heterocycles. The first-order valence-electron chi connectivity index (χ1n) is 7.41. The van der Waals surface area contributed by atoms with Crippen LogP contribution in [0.1, 0.15) is 33.7 Å². The van der Waals surface area contributed by atoms with Crippen molar-refractivity contribution in [1.29, 1.82) is 0 Å². The Morgan fingerprint density at radius 3 is 2.50 bits per heavy atom. The van der Waals surface area contributed by atoms with Crippen LogP contribution in [0.15, 0.2) is 16.5 Å². The van der Waals surface area contributed by atoms with Gasteiger partial charge in [0.15, 0.2) is 5.76 Å². The third kappa shape index (κ3) is 2.17. The van der Waals surface area contributed by atoms with Gasteiger partial charge in [-0.1, -0.05) is 12.1 Å². The van der Waals surface area contributed by atoms with Gasteiger partial charge in [0.1, 0.15) is 5.58 Å². The fraction of sp³-hybridized carbons (Fsp3) is 0.412. The van der Waals surface area contributed by atoms with Crippen LogP contribution in [0, 0.1) is 26.7 Å². The highest BCUT2D eigenvalue weighted by atomic mass is 16.4. The summed E-state index contributed by atoms with van der Waals surface area (Å²) in [5, 5.41) is 10.0. The Labute approximate surface area is 128 Å². The molecule has 0 bridgehead atoms. The average Bonchev–Trinajstić information content (AvgIpc) is 3.08. The summed E-state index contributed by atoms with van der Waals surface area (Å²) in [4.78, 5) is 25.3. The maximum Gasteiger partial charge on any atom is 0.308 e. The molecule has 3 rings (SSSR count). The van der Waals surface area contributed by atoms with Crippen LogP contribution in [0.25, 0.3) is 11.0 Å². The molecule has 0 spiro atoms. The first-order chi connectivity index (χ1) is 10.4. The monoisotopic (exact) mass is 301 g/mol. The van der Waals surface area contributed by atoms with Crippen LogP contribution in [0.3, 0.4) is 0 Å². The molecule has 0 radical (unpaired) electrons. The number of carboxylic acids is 1. The average molecular weight is 301 g/mol. The number of hydrogen-bond acceptors (Lipinski definition) is 3. The first kappa shape index (κ1) is 14.6. The third-order valence-corrected chi connectivity index (χ3v) is 4.50. The van der Waals surface area contributed by atoms with Gasteiger partial charge < -0.3 is 14.4 Å². The van der Waals surface area contributed by atoms with E-state index in [4.69, 9.17) is 9.52 Å². The van der Waals surface area contributed by atoms with Crippen molar-refractivity contribution in [2.45, 2.75) is 27.2 Å². The zero-order chi connectivity index (χ0) is 16.0. The van der Waals surface area contributed by atoms with Gasteiger partial charge in [0, 0.05) is 24.0 Å². The zero-order valence-corrected chi connectivity index (χ0v) is 13.0. The lowest BCUT2D eigenvalue weighted by Crippen LogP contribution is -2.30. The van der Waals surface area contributed by atoms with Crippen LogP contribution >= 0.6 is 0 Å². The van der Waals surface area contributed by atoms with Gasteiger partial charge in [0.2, 0.25) is 0 Å². The Bertz CT molecular complexity index is 775. The highest BCUT2D eigenvalue weighted by Crippen LogP contribution is 2.32. The molecule has 1 unspecified atom stereocenters. The summed E-state index contributed by atoms with van der Waals surface area (Å²) in [5.74, 6) is -1.20. The van der Waals surface area contributed by atoms with E-state index in [1.807, 2.05) is 32.9 Å². The number of amides is 1. The number of rotatable bonds is 2. The normalized spacial score (nSPS) is 18.1. The van der Waals surface area contributed by atoms with E-state index >= 15 is 0 Å². The third-order valence-electron chi connectivity index (χ3n) is 4.50. The van der Waals surface area contributed by atoms with Crippen LogP contribution in [-0.2, 0) is 4.79 Å². The summed E-state index contributed by atoms with van der Waals surface area (Å²) in [6.07, 6.45) is 0.498. The van der Waals surface area contributed by atoms with Crippen molar-refractivity contribution in [3.63, 3.8) is 0 Å². The van der Waals surface area contributed by atoms with E-state index in [0.717, 1.165) is 27.7 Å². The van der Waals surface area contributed by atoms with E-state index in [2.05, 4.69) is 0 Å². The molecular formula is C17H19NO4. The van der Waals surface area contributed by atoms with Crippen LogP contribution in [-0.4, -0.2) is 35.0 Å². The fourth-order valence-electron chi connectivity index (χ4n) is 3.17. The minimum Gasteiger partial charge on any atom is -0.481 e. The lowest BCUT2D eigenvalue weighted by Gasteiger charge is -2.14. The number of hydrogen-bond donors (Lipinski definition) is 1. The number of nitrogens with zero attached hydrogens (tertiary/aromatic N) is 1. The number of carbonyl (C=O) groups is 2. The molecule has 5 nitrogen and oxygen atoms in total. The first-order valence-corrected chi connectivity index (χ1v) is 7.41. The van der Waals surface area contributed by atoms with Gasteiger partial charge in [-0.25, -0.2) is 0 Å². The number of fused-ring (bicyclic) bond motifs is 1. The summed E-state index contributed by atoms with van der Waals surface area (Å²) in [7, 11) is 0. The smallest absolute Gasteiger partial charge is 0.308 e. The van der Waals surface area contributed by atoms with Gasteiger partial charge >= 0.3 is 5.97 Å². The number of carboxylic acid groups (broad SMARTS) is 1. The van der Waals surface area contributed by atoms with Gasteiger partial charge in [0.05, 0.1) is 5.92 Å². The molecule has 22 heavy (non-hydrogen) atoms. The molecule has 116 valence electrons. The molecule has 1 fully saturated rings. The Morgan fingerprint density at radius 1 is 1.23 bits per heavy atom. The molecule has 5 heteroatoms. The molecule has 1 N–H and O–H groups in total. The molecular weight excluding hydrogens is 282 g/mol. The van der Waals surface area contributed by atoms with Gasteiger partial charge in [-0.05, 0) is 38.3 Å². The minimum absolute atomic E-state index is 0.212. The van der Waals surface area contributed by atoms with Crippen LogP contribution < -0.4 is 0 Å². The number of benzene rings is 1.